The normalized spacial score (nSPS) is 19.1. The Balaban J connectivity index is 2.87. The Morgan fingerprint density at radius 1 is 1.17 bits per heavy atom. The number of amides is 3. The van der Waals surface area contributed by atoms with Crippen LogP contribution in [0, 0.1) is 0 Å². The molecule has 1 fully saturated rings. The average Bonchev–Trinajstić information content (AvgIpc) is 3.12. The number of likely N-dealkylation sites (tertiary alicyclic amines) is 1. The Morgan fingerprint density at radius 2 is 1.83 bits per heavy atom. The van der Waals surface area contributed by atoms with Gasteiger partial charge in [-0.25, -0.2) is 4.79 Å². The van der Waals surface area contributed by atoms with Crippen LogP contribution in [0.15, 0.2) is 0 Å². The van der Waals surface area contributed by atoms with Crippen molar-refractivity contribution >= 4 is 41.4 Å². The van der Waals surface area contributed by atoms with Crippen LogP contribution in [0.2, 0.25) is 0 Å². The first kappa shape index (κ1) is 24.7. The van der Waals surface area contributed by atoms with E-state index in [9.17, 15) is 24.0 Å². The van der Waals surface area contributed by atoms with Crippen LogP contribution >= 0.6 is 11.8 Å². The van der Waals surface area contributed by atoms with Gasteiger partial charge >= 0.3 is 11.9 Å². The molecular weight excluding hydrogens is 404 g/mol. The fourth-order valence-electron chi connectivity index (χ4n) is 2.98. The quantitative estimate of drug-likeness (QED) is 0.263. The first-order valence-corrected chi connectivity index (χ1v) is 10.6. The average molecular weight is 432 g/mol. The molecule has 6 N–H and O–H groups in total. The summed E-state index contributed by atoms with van der Waals surface area (Å²) < 4.78 is 0. The molecule has 0 aliphatic carbocycles. The van der Waals surface area contributed by atoms with E-state index in [1.165, 1.54) is 23.6 Å². The third-order valence-corrected chi connectivity index (χ3v) is 5.11. The van der Waals surface area contributed by atoms with E-state index in [1.54, 1.807) is 6.26 Å². The van der Waals surface area contributed by atoms with Gasteiger partial charge in [-0.2, -0.15) is 11.8 Å². The lowest BCUT2D eigenvalue weighted by molar-refractivity contribution is -0.147. The number of hydrogen-bond donors (Lipinski definition) is 5. The second-order valence-corrected chi connectivity index (χ2v) is 7.80. The highest BCUT2D eigenvalue weighted by Gasteiger charge is 2.37. The molecule has 0 aromatic rings. The van der Waals surface area contributed by atoms with Crippen molar-refractivity contribution in [1.29, 1.82) is 0 Å². The molecule has 0 aromatic carbocycles. The molecular formula is C17H28N4O7S. The number of carboxylic acids is 2. The van der Waals surface area contributed by atoms with Crippen molar-refractivity contribution in [2.75, 3.05) is 18.6 Å². The van der Waals surface area contributed by atoms with Crippen LogP contribution in [0.5, 0.6) is 0 Å². The Bertz CT molecular complexity index is 643. The molecule has 0 bridgehead atoms. The number of carbonyl (C=O) groups excluding carboxylic acids is 3. The predicted molar refractivity (Wildman–Crippen MR) is 105 cm³/mol. The van der Waals surface area contributed by atoms with Crippen molar-refractivity contribution in [3.63, 3.8) is 0 Å². The van der Waals surface area contributed by atoms with E-state index < -0.39 is 54.3 Å². The topological polar surface area (TPSA) is 179 Å². The highest BCUT2D eigenvalue weighted by atomic mass is 32.2. The Labute approximate surface area is 172 Å². The molecule has 0 radical (unpaired) electrons. The van der Waals surface area contributed by atoms with Crippen molar-refractivity contribution in [3.05, 3.63) is 0 Å². The summed E-state index contributed by atoms with van der Waals surface area (Å²) >= 11 is 1.43. The highest BCUT2D eigenvalue weighted by molar-refractivity contribution is 7.98. The molecule has 29 heavy (non-hydrogen) atoms. The number of carbonyl (C=O) groups is 5. The number of hydrogen-bond acceptors (Lipinski definition) is 7. The van der Waals surface area contributed by atoms with Crippen LogP contribution < -0.4 is 16.4 Å². The Hall–Kier alpha value is -2.34. The molecule has 1 aliphatic rings. The van der Waals surface area contributed by atoms with Crippen LogP contribution in [0.1, 0.15) is 32.6 Å². The first-order chi connectivity index (χ1) is 13.6. The van der Waals surface area contributed by atoms with Gasteiger partial charge in [-0.15, -0.1) is 0 Å². The van der Waals surface area contributed by atoms with Gasteiger partial charge in [-0.1, -0.05) is 0 Å². The lowest BCUT2D eigenvalue weighted by atomic mass is 10.1. The molecule has 0 spiro atoms. The number of carboxylic acid groups (broad SMARTS) is 2. The molecule has 1 saturated heterocycles. The predicted octanol–water partition coefficient (Wildman–Crippen LogP) is -1.39. The van der Waals surface area contributed by atoms with Gasteiger partial charge in [0.2, 0.25) is 17.7 Å². The zero-order valence-corrected chi connectivity index (χ0v) is 17.2. The first-order valence-electron chi connectivity index (χ1n) is 9.18. The number of nitrogens with two attached hydrogens (primary N) is 1. The summed E-state index contributed by atoms with van der Waals surface area (Å²) in [6.07, 6.45) is 2.28. The Morgan fingerprint density at radius 3 is 2.34 bits per heavy atom. The van der Waals surface area contributed by atoms with Gasteiger partial charge in [-0.05, 0) is 38.2 Å². The van der Waals surface area contributed by atoms with Gasteiger partial charge in [0.15, 0.2) is 0 Å². The summed E-state index contributed by atoms with van der Waals surface area (Å²) in [5.74, 6) is -4.03. The van der Waals surface area contributed by atoms with Crippen LogP contribution in [-0.2, 0) is 24.0 Å². The minimum Gasteiger partial charge on any atom is -0.481 e. The van der Waals surface area contributed by atoms with Crippen LogP contribution in [0.25, 0.3) is 0 Å². The molecule has 0 saturated carbocycles. The van der Waals surface area contributed by atoms with E-state index in [0.29, 0.717) is 25.1 Å². The molecule has 3 amide bonds. The zero-order chi connectivity index (χ0) is 22.1. The van der Waals surface area contributed by atoms with Gasteiger partial charge in [0.05, 0.1) is 12.5 Å². The summed E-state index contributed by atoms with van der Waals surface area (Å²) in [7, 11) is 0. The Kier molecular flexibility index (Phi) is 9.89. The molecule has 1 aliphatic heterocycles. The van der Waals surface area contributed by atoms with E-state index in [1.807, 2.05) is 0 Å². The van der Waals surface area contributed by atoms with Gasteiger partial charge in [0.1, 0.15) is 18.1 Å². The molecule has 1 heterocycles. The third kappa shape index (κ3) is 7.54. The molecule has 4 unspecified atom stereocenters. The fourth-order valence-corrected chi connectivity index (χ4v) is 3.46. The minimum atomic E-state index is -1.61. The lowest BCUT2D eigenvalue weighted by Gasteiger charge is -2.27. The number of nitrogens with one attached hydrogen (secondary N) is 2. The molecule has 164 valence electrons. The highest BCUT2D eigenvalue weighted by Crippen LogP contribution is 2.18. The molecule has 11 nitrogen and oxygen atoms in total. The van der Waals surface area contributed by atoms with Crippen LogP contribution in [-0.4, -0.2) is 87.5 Å². The van der Waals surface area contributed by atoms with Crippen molar-refractivity contribution in [2.45, 2.75) is 56.8 Å². The SMILES string of the molecule is CSCCC(NC(=O)C1CCCN1C(=O)C(C)N)C(=O)NC(CC(=O)O)C(=O)O. The second kappa shape index (κ2) is 11.6. The second-order valence-electron chi connectivity index (χ2n) is 6.82. The van der Waals surface area contributed by atoms with E-state index in [4.69, 9.17) is 15.9 Å². The lowest BCUT2D eigenvalue weighted by Crippen LogP contribution is -2.56. The number of thioether (sulfide) groups is 1. The standard InChI is InChI=1S/C17H28N4O7S/c1-9(18)16(26)21-6-3-4-12(21)15(25)19-10(5-7-29-2)14(24)20-11(17(27)28)8-13(22)23/h9-12H,3-8,18H2,1-2H3,(H,19,25)(H,20,24)(H,22,23)(H,27,28). The van der Waals surface area contributed by atoms with Gasteiger partial charge in [0.25, 0.3) is 0 Å². The van der Waals surface area contributed by atoms with Gasteiger partial charge in [-0.3, -0.25) is 19.2 Å². The molecule has 0 aromatic heterocycles. The summed E-state index contributed by atoms with van der Waals surface area (Å²) in [6, 6.07) is -4.19. The summed E-state index contributed by atoms with van der Waals surface area (Å²) in [5.41, 5.74) is 5.62. The van der Waals surface area contributed by atoms with Crippen molar-refractivity contribution in [3.8, 4) is 0 Å². The third-order valence-electron chi connectivity index (χ3n) is 4.47. The fraction of sp³-hybridized carbons (Fsp3) is 0.706. The van der Waals surface area contributed by atoms with E-state index in [-0.39, 0.29) is 12.3 Å². The number of rotatable bonds is 11. The summed E-state index contributed by atoms with van der Waals surface area (Å²) in [4.78, 5) is 60.8. The monoisotopic (exact) mass is 432 g/mol. The van der Waals surface area contributed by atoms with Crippen molar-refractivity contribution < 1.29 is 34.2 Å². The maximum atomic E-state index is 12.7. The van der Waals surface area contributed by atoms with Crippen LogP contribution in [0.4, 0.5) is 0 Å². The van der Waals surface area contributed by atoms with Crippen LogP contribution in [0.3, 0.4) is 0 Å². The minimum absolute atomic E-state index is 0.214. The largest absolute Gasteiger partial charge is 0.481 e. The molecule has 1 rings (SSSR count). The smallest absolute Gasteiger partial charge is 0.326 e. The van der Waals surface area contributed by atoms with Crippen molar-refractivity contribution in [2.24, 2.45) is 5.73 Å². The maximum absolute atomic E-state index is 12.7. The van der Waals surface area contributed by atoms with E-state index in [2.05, 4.69) is 10.6 Å². The maximum Gasteiger partial charge on any atom is 0.326 e. The van der Waals surface area contributed by atoms with Gasteiger partial charge in [0, 0.05) is 6.54 Å². The number of nitrogens with zero attached hydrogens (tertiary/aromatic N) is 1. The number of aliphatic carboxylic acids is 2. The summed E-state index contributed by atoms with van der Waals surface area (Å²) in [5, 5.41) is 22.6. The van der Waals surface area contributed by atoms with Crippen molar-refractivity contribution in [1.82, 2.24) is 15.5 Å². The molecule has 12 heteroatoms. The molecule has 4 atom stereocenters. The van der Waals surface area contributed by atoms with E-state index in [0.717, 1.165) is 0 Å². The zero-order valence-electron chi connectivity index (χ0n) is 16.4. The van der Waals surface area contributed by atoms with Gasteiger partial charge < -0.3 is 31.5 Å². The summed E-state index contributed by atoms with van der Waals surface area (Å²) in [6.45, 7) is 1.92. The van der Waals surface area contributed by atoms with E-state index >= 15 is 0 Å².